The summed E-state index contributed by atoms with van der Waals surface area (Å²) in [4.78, 5) is 0. The summed E-state index contributed by atoms with van der Waals surface area (Å²) in [6, 6.07) is 67.4. The van der Waals surface area contributed by atoms with Crippen molar-refractivity contribution in [1.82, 2.24) is 9.30 Å². The number of rotatable bonds is 6. The Morgan fingerprint density at radius 2 is 0.500 bits per heavy atom. The normalized spacial score (nSPS) is 16.9. The maximum absolute atomic E-state index is 4.60. The maximum Gasteiger partial charge on any atom is 0.256 e. The summed E-state index contributed by atoms with van der Waals surface area (Å²) in [6.07, 6.45) is 0. The molecule has 1 aliphatic heterocycles. The van der Waals surface area contributed by atoms with Gasteiger partial charge in [-0.1, -0.05) is 182 Å². The number of hydrogen-bond acceptors (Lipinski definition) is 3. The SMILES string of the molecule is c1ccc([Si]2(c3ccccc3)N[Si](c3ccccc3)(c3ccccc3)S[Si](c3ccccc3)(c3ccccc3)N2)cc1. The second-order valence-electron chi connectivity index (χ2n) is 10.7. The van der Waals surface area contributed by atoms with Crippen LogP contribution >= 0.6 is 10.7 Å². The summed E-state index contributed by atoms with van der Waals surface area (Å²) >= 11 is 0. The van der Waals surface area contributed by atoms with Crippen LogP contribution in [0.3, 0.4) is 0 Å². The predicted octanol–water partition coefficient (Wildman–Crippen LogP) is 3.68. The number of hydrogen-bond donors (Lipinski definition) is 2. The first kappa shape index (κ1) is 27.1. The van der Waals surface area contributed by atoms with E-state index >= 15 is 0 Å². The Bertz CT molecular complexity index is 1400. The molecule has 1 saturated heterocycles. The molecule has 6 aromatic carbocycles. The Labute approximate surface area is 255 Å². The molecule has 2 nitrogen and oxygen atoms in total. The van der Waals surface area contributed by atoms with Crippen LogP contribution in [-0.4, -0.2) is 23.2 Å². The lowest BCUT2D eigenvalue weighted by molar-refractivity contribution is 1.28. The molecule has 0 unspecified atom stereocenters. The van der Waals surface area contributed by atoms with Gasteiger partial charge in [0.25, 0.3) is 8.40 Å². The summed E-state index contributed by atoms with van der Waals surface area (Å²) in [5, 5.41) is 8.30. The third-order valence-corrected chi connectivity index (χ3v) is 33.6. The van der Waals surface area contributed by atoms with E-state index < -0.39 is 23.2 Å². The molecule has 0 aromatic heterocycles. The molecule has 42 heavy (non-hydrogen) atoms. The summed E-state index contributed by atoms with van der Waals surface area (Å²) in [5.74, 6) is 0. The molecule has 0 radical (unpaired) electrons. The van der Waals surface area contributed by atoms with Gasteiger partial charge >= 0.3 is 0 Å². The lowest BCUT2D eigenvalue weighted by atomic mass is 10.4. The highest BCUT2D eigenvalue weighted by molar-refractivity contribution is 8.54. The molecule has 204 valence electrons. The zero-order valence-corrected chi connectivity index (χ0v) is 27.0. The number of nitrogens with one attached hydrogen (secondary N) is 2. The smallest absolute Gasteiger partial charge is 0.256 e. The Hall–Kier alpha value is -3.76. The van der Waals surface area contributed by atoms with E-state index in [9.17, 15) is 0 Å². The largest absolute Gasteiger partial charge is 0.325 e. The minimum absolute atomic E-state index is 1.35. The molecule has 2 N–H and O–H groups in total. The van der Waals surface area contributed by atoms with E-state index in [1.807, 2.05) is 0 Å². The zero-order chi connectivity index (χ0) is 28.3. The van der Waals surface area contributed by atoms with Crippen LogP contribution in [0.25, 0.3) is 0 Å². The summed E-state index contributed by atoms with van der Waals surface area (Å²) in [6.45, 7) is 0. The van der Waals surface area contributed by atoms with E-state index in [1.54, 1.807) is 0 Å². The molecule has 6 heteroatoms. The van der Waals surface area contributed by atoms with Crippen molar-refractivity contribution in [2.75, 3.05) is 0 Å². The average molecular weight is 609 g/mol. The van der Waals surface area contributed by atoms with E-state index in [2.05, 4.69) is 202 Å². The van der Waals surface area contributed by atoms with Crippen LogP contribution in [0.2, 0.25) is 0 Å². The lowest BCUT2D eigenvalue weighted by Gasteiger charge is -2.55. The first-order valence-corrected chi connectivity index (χ1v) is 22.6. The van der Waals surface area contributed by atoms with E-state index in [0.29, 0.717) is 0 Å². The highest BCUT2D eigenvalue weighted by Gasteiger charge is 2.62. The fourth-order valence-corrected chi connectivity index (χ4v) is 41.5. The molecule has 0 saturated carbocycles. The minimum Gasteiger partial charge on any atom is -0.325 e. The van der Waals surface area contributed by atoms with Crippen molar-refractivity contribution in [1.29, 1.82) is 0 Å². The van der Waals surface area contributed by atoms with Gasteiger partial charge in [0.2, 0.25) is 14.8 Å². The van der Waals surface area contributed by atoms with Gasteiger partial charge in [-0.25, -0.2) is 0 Å². The van der Waals surface area contributed by atoms with Crippen molar-refractivity contribution < 1.29 is 0 Å². The summed E-state index contributed by atoms with van der Waals surface area (Å²) in [7, 11) is -6.03. The summed E-state index contributed by atoms with van der Waals surface area (Å²) < 4.78 is 9.21. The number of benzene rings is 6. The molecule has 0 spiro atoms. The van der Waals surface area contributed by atoms with Crippen molar-refractivity contribution in [2.45, 2.75) is 0 Å². The van der Waals surface area contributed by atoms with E-state index in [4.69, 9.17) is 0 Å². The van der Waals surface area contributed by atoms with Gasteiger partial charge in [0.1, 0.15) is 0 Å². The third-order valence-electron chi connectivity index (χ3n) is 8.17. The molecule has 1 aliphatic rings. The van der Waals surface area contributed by atoms with Gasteiger partial charge in [0.05, 0.1) is 0 Å². The van der Waals surface area contributed by atoms with Crippen LogP contribution < -0.4 is 40.4 Å². The first-order chi connectivity index (χ1) is 20.8. The molecule has 0 bridgehead atoms. The van der Waals surface area contributed by atoms with Crippen LogP contribution in [0.15, 0.2) is 182 Å². The maximum atomic E-state index is 4.60. The van der Waals surface area contributed by atoms with Gasteiger partial charge in [-0.3, -0.25) is 0 Å². The Morgan fingerprint density at radius 3 is 0.738 bits per heavy atom. The quantitative estimate of drug-likeness (QED) is 0.282. The standard InChI is InChI=1S/C36H32N2SSi3/c1-7-19-31(20-8-1)40(32-21-9-2-10-22-32)37-41(33-23-11-3-12-24-33,34-25-13-4-14-26-34)39-42(38-40,35-27-15-5-16-28-35)36-29-17-6-18-30-36/h1-30,37-38H. The molecule has 1 fully saturated rings. The van der Waals surface area contributed by atoms with E-state index in [0.717, 1.165) is 0 Å². The van der Waals surface area contributed by atoms with Gasteiger partial charge in [-0.05, 0) is 31.1 Å². The van der Waals surface area contributed by atoms with Crippen LogP contribution in [-0.2, 0) is 0 Å². The molecule has 6 aromatic rings. The van der Waals surface area contributed by atoms with Gasteiger partial charge in [-0.15, -0.1) is 0 Å². The molecular weight excluding hydrogens is 577 g/mol. The molecular formula is C36H32N2SSi3. The van der Waals surface area contributed by atoms with Gasteiger partial charge < -0.3 is 9.30 Å². The minimum atomic E-state index is -2.83. The van der Waals surface area contributed by atoms with Gasteiger partial charge in [0, 0.05) is 0 Å². The van der Waals surface area contributed by atoms with Crippen molar-refractivity contribution in [3.8, 4) is 0 Å². The third kappa shape index (κ3) is 4.66. The second kappa shape index (κ2) is 11.5. The van der Waals surface area contributed by atoms with Gasteiger partial charge in [0.15, 0.2) is 0 Å². The van der Waals surface area contributed by atoms with Crippen LogP contribution in [0.4, 0.5) is 0 Å². The molecule has 0 atom stereocenters. The fraction of sp³-hybridized carbons (Fsp3) is 0. The molecule has 0 amide bonds. The lowest BCUT2D eigenvalue weighted by Crippen LogP contribution is -2.97. The van der Waals surface area contributed by atoms with Crippen LogP contribution in [0.1, 0.15) is 0 Å². The first-order valence-electron chi connectivity index (χ1n) is 14.4. The highest BCUT2D eigenvalue weighted by atomic mass is 32.5. The molecule has 0 aliphatic carbocycles. The van der Waals surface area contributed by atoms with E-state index in [1.165, 1.54) is 31.1 Å². The van der Waals surface area contributed by atoms with Crippen LogP contribution in [0.5, 0.6) is 0 Å². The Morgan fingerprint density at radius 1 is 0.286 bits per heavy atom. The Balaban J connectivity index is 1.64. The molecule has 7 rings (SSSR count). The monoisotopic (exact) mass is 608 g/mol. The Kier molecular flexibility index (Phi) is 7.41. The van der Waals surface area contributed by atoms with Gasteiger partial charge in [-0.2, -0.15) is 10.7 Å². The second-order valence-corrected chi connectivity index (χ2v) is 26.7. The van der Waals surface area contributed by atoms with Crippen molar-refractivity contribution in [2.24, 2.45) is 0 Å². The molecule has 1 heterocycles. The predicted molar refractivity (Wildman–Crippen MR) is 188 cm³/mol. The fourth-order valence-electron chi connectivity index (χ4n) is 6.22. The average Bonchev–Trinajstić information content (AvgIpc) is 3.10. The zero-order valence-electron chi connectivity index (χ0n) is 23.2. The van der Waals surface area contributed by atoms with Crippen molar-refractivity contribution in [3.63, 3.8) is 0 Å². The van der Waals surface area contributed by atoms with Crippen molar-refractivity contribution >= 4 is 64.9 Å². The van der Waals surface area contributed by atoms with E-state index in [-0.39, 0.29) is 0 Å². The topological polar surface area (TPSA) is 24.1 Å². The summed E-state index contributed by atoms with van der Waals surface area (Å²) in [5.41, 5.74) is 0. The van der Waals surface area contributed by atoms with Crippen molar-refractivity contribution in [3.05, 3.63) is 182 Å². The van der Waals surface area contributed by atoms with Crippen LogP contribution in [0, 0.1) is 0 Å². The highest BCUT2D eigenvalue weighted by Crippen LogP contribution is 2.33.